The summed E-state index contributed by atoms with van der Waals surface area (Å²) < 4.78 is 0. The number of fused-ring (bicyclic) bond motifs is 1. The van der Waals surface area contributed by atoms with Crippen molar-refractivity contribution in [3.05, 3.63) is 36.0 Å². The molecule has 5 unspecified atom stereocenters. The highest BCUT2D eigenvalue weighted by Crippen LogP contribution is 2.19. The van der Waals surface area contributed by atoms with E-state index in [9.17, 15) is 24.3 Å². The van der Waals surface area contributed by atoms with Crippen LogP contribution in [0.2, 0.25) is 0 Å². The molecule has 0 aliphatic heterocycles. The van der Waals surface area contributed by atoms with E-state index in [-0.39, 0.29) is 18.8 Å². The first-order chi connectivity index (χ1) is 17.1. The van der Waals surface area contributed by atoms with Crippen molar-refractivity contribution in [3.63, 3.8) is 0 Å². The number of benzene rings is 1. The van der Waals surface area contributed by atoms with Crippen molar-refractivity contribution in [1.82, 2.24) is 20.9 Å². The predicted octanol–water partition coefficient (Wildman–Crippen LogP) is 1.40. The molecule has 198 valence electrons. The molecule has 0 aliphatic carbocycles. The predicted molar refractivity (Wildman–Crippen MR) is 142 cm³/mol. The third-order valence-corrected chi connectivity index (χ3v) is 6.81. The maximum Gasteiger partial charge on any atom is 0.326 e. The average Bonchev–Trinajstić information content (AvgIpc) is 3.26. The molecular formula is C25H37N5O5S. The van der Waals surface area contributed by atoms with E-state index in [1.54, 1.807) is 13.1 Å². The highest BCUT2D eigenvalue weighted by atomic mass is 32.2. The largest absolute Gasteiger partial charge is 0.480 e. The Labute approximate surface area is 215 Å². The zero-order valence-electron chi connectivity index (χ0n) is 21.2. The Morgan fingerprint density at radius 3 is 2.31 bits per heavy atom. The molecule has 0 aliphatic rings. The van der Waals surface area contributed by atoms with Crippen molar-refractivity contribution >= 4 is 46.4 Å². The van der Waals surface area contributed by atoms with Crippen molar-refractivity contribution in [2.24, 2.45) is 11.7 Å². The lowest BCUT2D eigenvalue weighted by Crippen LogP contribution is -2.59. The van der Waals surface area contributed by atoms with Crippen LogP contribution < -0.4 is 21.7 Å². The van der Waals surface area contributed by atoms with E-state index in [1.165, 1.54) is 18.7 Å². The Morgan fingerprint density at radius 2 is 1.69 bits per heavy atom. The fourth-order valence-electron chi connectivity index (χ4n) is 3.74. The number of carboxylic acid groups (broad SMARTS) is 1. The molecule has 0 saturated heterocycles. The first-order valence-electron chi connectivity index (χ1n) is 12.0. The number of carboxylic acids is 1. The van der Waals surface area contributed by atoms with Crippen molar-refractivity contribution in [1.29, 1.82) is 0 Å². The lowest BCUT2D eigenvalue weighted by atomic mass is 9.96. The van der Waals surface area contributed by atoms with Crippen LogP contribution in [-0.2, 0) is 25.6 Å². The van der Waals surface area contributed by atoms with Crippen LogP contribution in [0.25, 0.3) is 10.9 Å². The molecule has 2 aromatic rings. The number of nitrogens with two attached hydrogens (primary N) is 1. The molecule has 0 fully saturated rings. The van der Waals surface area contributed by atoms with E-state index in [1.807, 2.05) is 37.4 Å². The van der Waals surface area contributed by atoms with Crippen LogP contribution in [0.5, 0.6) is 0 Å². The van der Waals surface area contributed by atoms with E-state index < -0.39 is 47.9 Å². The van der Waals surface area contributed by atoms with Crippen LogP contribution in [0.4, 0.5) is 0 Å². The van der Waals surface area contributed by atoms with Crippen LogP contribution in [0.3, 0.4) is 0 Å². The topological polar surface area (TPSA) is 166 Å². The Bertz CT molecular complexity index is 1060. The summed E-state index contributed by atoms with van der Waals surface area (Å²) >= 11 is 1.48. The fraction of sp³-hybridized carbons (Fsp3) is 0.520. The number of carbonyl (C=O) groups is 4. The van der Waals surface area contributed by atoms with Gasteiger partial charge in [0.2, 0.25) is 17.7 Å². The molecule has 0 radical (unpaired) electrons. The monoisotopic (exact) mass is 519 g/mol. The van der Waals surface area contributed by atoms with Gasteiger partial charge in [0.15, 0.2) is 0 Å². The maximum atomic E-state index is 13.4. The average molecular weight is 520 g/mol. The number of hydrogen-bond donors (Lipinski definition) is 6. The number of aromatic amines is 1. The molecule has 1 aromatic heterocycles. The molecule has 2 rings (SSSR count). The zero-order chi connectivity index (χ0) is 26.8. The van der Waals surface area contributed by atoms with E-state index in [0.29, 0.717) is 12.2 Å². The second kappa shape index (κ2) is 13.9. The number of thioether (sulfide) groups is 1. The number of aliphatic carboxylic acids is 1. The number of hydrogen-bond acceptors (Lipinski definition) is 6. The molecule has 0 saturated carbocycles. The summed E-state index contributed by atoms with van der Waals surface area (Å²) in [7, 11) is 0. The summed E-state index contributed by atoms with van der Waals surface area (Å²) in [4.78, 5) is 53.7. The minimum absolute atomic E-state index is 0.175. The lowest BCUT2D eigenvalue weighted by molar-refractivity contribution is -0.142. The number of H-pyrrole nitrogens is 1. The molecular weight excluding hydrogens is 482 g/mol. The van der Waals surface area contributed by atoms with E-state index in [2.05, 4.69) is 20.9 Å². The van der Waals surface area contributed by atoms with Gasteiger partial charge in [-0.05, 0) is 42.9 Å². The van der Waals surface area contributed by atoms with E-state index in [4.69, 9.17) is 5.73 Å². The number of para-hydroxylation sites is 1. The van der Waals surface area contributed by atoms with Crippen LogP contribution in [-0.4, -0.2) is 70.0 Å². The molecule has 11 heteroatoms. The molecule has 1 heterocycles. The summed E-state index contributed by atoms with van der Waals surface area (Å²) in [5, 5.41) is 18.4. The van der Waals surface area contributed by atoms with Gasteiger partial charge in [0.25, 0.3) is 0 Å². The van der Waals surface area contributed by atoms with Crippen LogP contribution in [0.15, 0.2) is 30.5 Å². The van der Waals surface area contributed by atoms with Crippen LogP contribution in [0, 0.1) is 5.92 Å². The minimum Gasteiger partial charge on any atom is -0.480 e. The minimum atomic E-state index is -1.13. The molecule has 1 aromatic carbocycles. The second-order valence-electron chi connectivity index (χ2n) is 8.97. The highest BCUT2D eigenvalue weighted by molar-refractivity contribution is 7.98. The van der Waals surface area contributed by atoms with Crippen LogP contribution >= 0.6 is 11.8 Å². The third kappa shape index (κ3) is 7.99. The second-order valence-corrected chi connectivity index (χ2v) is 9.95. The molecule has 0 bridgehead atoms. The van der Waals surface area contributed by atoms with E-state index in [0.717, 1.165) is 16.5 Å². The zero-order valence-corrected chi connectivity index (χ0v) is 22.0. The third-order valence-electron chi connectivity index (χ3n) is 6.16. The van der Waals surface area contributed by atoms with Gasteiger partial charge in [-0.15, -0.1) is 0 Å². The normalized spacial score (nSPS) is 15.4. The molecule has 3 amide bonds. The number of rotatable bonds is 14. The quantitative estimate of drug-likeness (QED) is 0.219. The van der Waals surface area contributed by atoms with E-state index >= 15 is 0 Å². The Kier molecular flexibility index (Phi) is 11.3. The molecule has 0 spiro atoms. The summed E-state index contributed by atoms with van der Waals surface area (Å²) in [6, 6.07) is 3.74. The molecule has 7 N–H and O–H groups in total. The highest BCUT2D eigenvalue weighted by Gasteiger charge is 2.32. The van der Waals surface area contributed by atoms with Gasteiger partial charge in [-0.1, -0.05) is 38.5 Å². The Hall–Kier alpha value is -3.05. The SMILES string of the molecule is CCC(C)C(NC(=O)C(Cc1c[nH]c2ccccc12)NC(=O)C(C)N)C(=O)NC(CCSC)C(=O)O. The smallest absolute Gasteiger partial charge is 0.326 e. The van der Waals surface area contributed by atoms with Crippen molar-refractivity contribution < 1.29 is 24.3 Å². The maximum absolute atomic E-state index is 13.4. The Balaban J connectivity index is 2.27. The lowest BCUT2D eigenvalue weighted by Gasteiger charge is -2.28. The van der Waals surface area contributed by atoms with Gasteiger partial charge in [0.1, 0.15) is 18.1 Å². The molecule has 10 nitrogen and oxygen atoms in total. The summed E-state index contributed by atoms with van der Waals surface area (Å²) in [6.07, 6.45) is 4.64. The van der Waals surface area contributed by atoms with Crippen LogP contribution in [0.1, 0.15) is 39.2 Å². The van der Waals surface area contributed by atoms with Crippen molar-refractivity contribution in [3.8, 4) is 0 Å². The summed E-state index contributed by atoms with van der Waals surface area (Å²) in [5.41, 5.74) is 7.44. The fourth-order valence-corrected chi connectivity index (χ4v) is 4.21. The van der Waals surface area contributed by atoms with Gasteiger partial charge in [0.05, 0.1) is 6.04 Å². The number of aromatic nitrogens is 1. The number of carbonyl (C=O) groups excluding carboxylic acids is 3. The summed E-state index contributed by atoms with van der Waals surface area (Å²) in [5.74, 6) is -2.47. The first-order valence-corrected chi connectivity index (χ1v) is 13.4. The first kappa shape index (κ1) is 29.2. The van der Waals surface area contributed by atoms with Crippen molar-refractivity contribution in [2.45, 2.75) is 64.2 Å². The summed E-state index contributed by atoms with van der Waals surface area (Å²) in [6.45, 7) is 5.20. The van der Waals surface area contributed by atoms with Gasteiger partial charge in [-0.3, -0.25) is 14.4 Å². The standard InChI is InChI=1S/C25H37N5O5S/c1-5-14(2)21(24(33)28-19(25(34)35)10-11-36-4)30-23(32)20(29-22(31)15(3)26)12-16-13-27-18-9-7-6-8-17(16)18/h6-9,13-15,19-21,27H,5,10-12,26H2,1-4H3,(H,28,33)(H,29,31)(H,30,32)(H,34,35). The van der Waals surface area contributed by atoms with Gasteiger partial charge >= 0.3 is 5.97 Å². The van der Waals surface area contributed by atoms with Gasteiger partial charge < -0.3 is 31.8 Å². The number of amides is 3. The van der Waals surface area contributed by atoms with Crippen molar-refractivity contribution in [2.75, 3.05) is 12.0 Å². The number of nitrogens with one attached hydrogen (secondary N) is 4. The van der Waals surface area contributed by atoms with Gasteiger partial charge in [-0.2, -0.15) is 11.8 Å². The molecule has 5 atom stereocenters. The Morgan fingerprint density at radius 1 is 1.03 bits per heavy atom. The van der Waals surface area contributed by atoms with Gasteiger partial charge in [0, 0.05) is 23.5 Å². The van der Waals surface area contributed by atoms with Gasteiger partial charge in [-0.25, -0.2) is 4.79 Å². The molecule has 36 heavy (non-hydrogen) atoms.